The number of hydrogen-bond donors (Lipinski definition) is 0. The lowest BCUT2D eigenvalue weighted by Gasteiger charge is -2.07. The molecule has 0 aromatic heterocycles. The number of hydrogen-bond acceptors (Lipinski definition) is 5. The molecule has 0 unspecified atom stereocenters. The number of allylic oxidation sites excluding steroid dienone is 2. The van der Waals surface area contributed by atoms with Gasteiger partial charge in [-0.15, -0.1) is 23.5 Å². The van der Waals surface area contributed by atoms with E-state index >= 15 is 0 Å². The molecule has 0 amide bonds. The largest absolute Gasteiger partial charge is 0.497 e. The molecule has 0 saturated heterocycles. The van der Waals surface area contributed by atoms with E-state index in [9.17, 15) is 10.5 Å². The standard InChI is InChI=1S/C18H20N2OS2/c1-4-22-18(23-5-2)16(13-20)11-15(12-19)10-14-6-8-17(21-3)9-7-14/h6-10H,4-5,11H2,1-3H3/b15-10-. The molecule has 0 aliphatic carbocycles. The highest BCUT2D eigenvalue weighted by molar-refractivity contribution is 8.22. The number of benzene rings is 1. The van der Waals surface area contributed by atoms with Crippen molar-refractivity contribution in [1.29, 1.82) is 10.5 Å². The summed E-state index contributed by atoms with van der Waals surface area (Å²) in [6.07, 6.45) is 2.19. The Morgan fingerprint density at radius 1 is 1.09 bits per heavy atom. The van der Waals surface area contributed by atoms with Crippen LogP contribution in [0.5, 0.6) is 5.75 Å². The summed E-state index contributed by atoms with van der Waals surface area (Å²) in [7, 11) is 1.62. The molecule has 1 aromatic rings. The second-order valence-electron chi connectivity index (χ2n) is 4.48. The summed E-state index contributed by atoms with van der Waals surface area (Å²) < 4.78 is 6.15. The van der Waals surface area contributed by atoms with Gasteiger partial charge in [-0.05, 0) is 35.3 Å². The molecule has 0 atom stereocenters. The van der Waals surface area contributed by atoms with Gasteiger partial charge in [0.15, 0.2) is 0 Å². The molecule has 0 aliphatic heterocycles. The van der Waals surface area contributed by atoms with Crippen LogP contribution < -0.4 is 4.74 Å². The van der Waals surface area contributed by atoms with Crippen molar-refractivity contribution in [2.24, 2.45) is 0 Å². The first-order valence-corrected chi connectivity index (χ1v) is 9.29. The maximum atomic E-state index is 9.44. The highest BCUT2D eigenvalue weighted by Crippen LogP contribution is 2.33. The van der Waals surface area contributed by atoms with Crippen LogP contribution in [0.4, 0.5) is 0 Å². The zero-order chi connectivity index (χ0) is 17.1. The number of nitriles is 2. The van der Waals surface area contributed by atoms with Crippen molar-refractivity contribution >= 4 is 29.6 Å². The van der Waals surface area contributed by atoms with Crippen LogP contribution >= 0.6 is 23.5 Å². The Hall–Kier alpha value is -1.82. The van der Waals surface area contributed by atoms with Gasteiger partial charge in [0.05, 0.1) is 29.1 Å². The SMILES string of the molecule is CCSC(SCC)=C(C#N)C/C(C#N)=C/c1ccc(OC)cc1. The maximum Gasteiger partial charge on any atom is 0.118 e. The van der Waals surface area contributed by atoms with Gasteiger partial charge in [0.1, 0.15) is 5.75 Å². The van der Waals surface area contributed by atoms with Gasteiger partial charge in [-0.1, -0.05) is 26.0 Å². The summed E-state index contributed by atoms with van der Waals surface area (Å²) in [6.45, 7) is 4.13. The predicted octanol–water partition coefficient (Wildman–Crippen LogP) is 5.23. The molecule has 5 heteroatoms. The van der Waals surface area contributed by atoms with Crippen LogP contribution in [0.3, 0.4) is 0 Å². The van der Waals surface area contributed by atoms with E-state index in [0.29, 0.717) is 17.6 Å². The third-order valence-corrected chi connectivity index (χ3v) is 5.20. The van der Waals surface area contributed by atoms with Crippen LogP contribution in [0, 0.1) is 22.7 Å². The monoisotopic (exact) mass is 344 g/mol. The highest BCUT2D eigenvalue weighted by Gasteiger charge is 2.10. The Bertz CT molecular complexity index is 641. The average Bonchev–Trinajstić information content (AvgIpc) is 2.59. The van der Waals surface area contributed by atoms with Gasteiger partial charge in [0.2, 0.25) is 0 Å². The van der Waals surface area contributed by atoms with Crippen LogP contribution in [0.1, 0.15) is 25.8 Å². The summed E-state index contributed by atoms with van der Waals surface area (Å²) in [6, 6.07) is 12.0. The first kappa shape index (κ1) is 19.2. The molecular weight excluding hydrogens is 324 g/mol. The second kappa shape index (κ2) is 10.8. The number of methoxy groups -OCH3 is 1. The number of nitrogens with zero attached hydrogens (tertiary/aromatic N) is 2. The minimum Gasteiger partial charge on any atom is -0.497 e. The van der Waals surface area contributed by atoms with Crippen LogP contribution in [0.15, 0.2) is 39.6 Å². The summed E-state index contributed by atoms with van der Waals surface area (Å²) >= 11 is 3.33. The minimum absolute atomic E-state index is 0.369. The Kier molecular flexibility index (Phi) is 9.05. The van der Waals surface area contributed by atoms with Crippen molar-refractivity contribution in [2.75, 3.05) is 18.6 Å². The Morgan fingerprint density at radius 3 is 2.13 bits per heavy atom. The molecule has 1 aromatic carbocycles. The molecule has 0 bridgehead atoms. The molecule has 0 fully saturated rings. The minimum atomic E-state index is 0.369. The molecule has 0 aliphatic rings. The van der Waals surface area contributed by atoms with Crippen LogP contribution in [-0.2, 0) is 0 Å². The van der Waals surface area contributed by atoms with E-state index in [2.05, 4.69) is 26.0 Å². The van der Waals surface area contributed by atoms with Gasteiger partial charge in [-0.25, -0.2) is 0 Å². The van der Waals surface area contributed by atoms with Crippen molar-refractivity contribution in [3.05, 3.63) is 45.2 Å². The topological polar surface area (TPSA) is 56.8 Å². The average molecular weight is 345 g/mol. The highest BCUT2D eigenvalue weighted by atomic mass is 32.2. The summed E-state index contributed by atoms with van der Waals surface area (Å²) in [4.78, 5) is 0. The third-order valence-electron chi connectivity index (χ3n) is 2.90. The molecule has 0 heterocycles. The van der Waals surface area contributed by atoms with Gasteiger partial charge >= 0.3 is 0 Å². The van der Waals surface area contributed by atoms with Gasteiger partial charge < -0.3 is 4.74 Å². The van der Waals surface area contributed by atoms with E-state index in [1.165, 1.54) is 0 Å². The zero-order valence-corrected chi connectivity index (χ0v) is 15.3. The molecule has 3 nitrogen and oxygen atoms in total. The predicted molar refractivity (Wildman–Crippen MR) is 100 cm³/mol. The van der Waals surface area contributed by atoms with Gasteiger partial charge in [-0.2, -0.15) is 10.5 Å². The van der Waals surface area contributed by atoms with E-state index in [-0.39, 0.29) is 0 Å². The van der Waals surface area contributed by atoms with E-state index in [4.69, 9.17) is 4.74 Å². The molecule has 23 heavy (non-hydrogen) atoms. The Balaban J connectivity index is 3.04. The first-order chi connectivity index (χ1) is 11.2. The lowest BCUT2D eigenvalue weighted by molar-refractivity contribution is 0.415. The number of ether oxygens (including phenoxy) is 1. The fourth-order valence-corrected chi connectivity index (χ4v) is 4.00. The lowest BCUT2D eigenvalue weighted by Crippen LogP contribution is -1.90. The summed E-state index contributed by atoms with van der Waals surface area (Å²) in [5.41, 5.74) is 2.18. The molecule has 0 N–H and O–H groups in total. The summed E-state index contributed by atoms with van der Waals surface area (Å²) in [5.74, 6) is 2.61. The molecule has 120 valence electrons. The second-order valence-corrected chi connectivity index (χ2v) is 7.28. The van der Waals surface area contributed by atoms with Crippen molar-refractivity contribution in [3.8, 4) is 17.9 Å². The first-order valence-electron chi connectivity index (χ1n) is 7.32. The lowest BCUT2D eigenvalue weighted by atomic mass is 10.1. The van der Waals surface area contributed by atoms with Gasteiger partial charge in [-0.3, -0.25) is 0 Å². The van der Waals surface area contributed by atoms with Crippen molar-refractivity contribution in [1.82, 2.24) is 0 Å². The van der Waals surface area contributed by atoms with E-state index in [1.807, 2.05) is 30.3 Å². The number of thioether (sulfide) groups is 2. The van der Waals surface area contributed by atoms with Crippen LogP contribution in [-0.4, -0.2) is 18.6 Å². The fraction of sp³-hybridized carbons (Fsp3) is 0.333. The number of rotatable bonds is 8. The molecule has 1 rings (SSSR count). The third kappa shape index (κ3) is 6.44. The van der Waals surface area contributed by atoms with Crippen molar-refractivity contribution in [2.45, 2.75) is 20.3 Å². The van der Waals surface area contributed by atoms with Crippen molar-refractivity contribution in [3.63, 3.8) is 0 Å². The molecule has 0 spiro atoms. The quantitative estimate of drug-likeness (QED) is 0.604. The smallest absolute Gasteiger partial charge is 0.118 e. The van der Waals surface area contributed by atoms with E-state index in [0.717, 1.165) is 27.1 Å². The van der Waals surface area contributed by atoms with E-state index < -0.39 is 0 Å². The van der Waals surface area contributed by atoms with Gasteiger partial charge in [0, 0.05) is 12.0 Å². The van der Waals surface area contributed by atoms with Crippen molar-refractivity contribution < 1.29 is 4.74 Å². The summed E-state index contributed by atoms with van der Waals surface area (Å²) in [5, 5.41) is 18.8. The van der Waals surface area contributed by atoms with Crippen LogP contribution in [0.2, 0.25) is 0 Å². The molecule has 0 radical (unpaired) electrons. The fourth-order valence-electron chi connectivity index (χ4n) is 1.85. The Morgan fingerprint density at radius 2 is 1.70 bits per heavy atom. The Labute approximate surface area is 147 Å². The molecule has 0 saturated carbocycles. The van der Waals surface area contributed by atoms with Gasteiger partial charge in [0.25, 0.3) is 0 Å². The molecular formula is C18H20N2OS2. The van der Waals surface area contributed by atoms with Crippen LogP contribution in [0.25, 0.3) is 6.08 Å². The zero-order valence-electron chi connectivity index (χ0n) is 13.6. The maximum absolute atomic E-state index is 9.44. The van der Waals surface area contributed by atoms with E-state index in [1.54, 1.807) is 30.6 Å². The normalized spacial score (nSPS) is 10.6.